The summed E-state index contributed by atoms with van der Waals surface area (Å²) in [6.45, 7) is 0.924. The van der Waals surface area contributed by atoms with Gasteiger partial charge in [-0.3, -0.25) is 0 Å². The first-order valence-electron chi connectivity index (χ1n) is 11.0. The zero-order valence-corrected chi connectivity index (χ0v) is 18.7. The topological polar surface area (TPSA) is 47.9 Å². The fourth-order valence-electron chi connectivity index (χ4n) is 3.56. The number of aliphatic hydroxyl groups is 1. The average molecular weight is 441 g/mol. The lowest BCUT2D eigenvalue weighted by Crippen LogP contribution is -2.04. The van der Waals surface area contributed by atoms with Crippen LogP contribution in [0.2, 0.25) is 0 Å². The highest BCUT2D eigenvalue weighted by atomic mass is 16.5. The summed E-state index contributed by atoms with van der Waals surface area (Å²) in [5, 5.41) is 10.8. The first-order valence-corrected chi connectivity index (χ1v) is 11.0. The number of aliphatic hydroxyl groups excluding tert-OH is 1. The second kappa shape index (κ2) is 11.2. The van der Waals surface area contributed by atoms with Crippen LogP contribution in [0.3, 0.4) is 0 Å². The Kier molecular flexibility index (Phi) is 7.62. The predicted molar refractivity (Wildman–Crippen MR) is 130 cm³/mol. The minimum Gasteiger partial charge on any atom is -0.497 e. The van der Waals surface area contributed by atoms with E-state index in [1.165, 1.54) is 0 Å². The quantitative estimate of drug-likeness (QED) is 0.322. The van der Waals surface area contributed by atoms with Crippen LogP contribution in [-0.4, -0.2) is 12.2 Å². The fraction of sp³-hybridized carbons (Fsp3) is 0.172. The molecule has 0 aliphatic carbocycles. The Balaban J connectivity index is 1.51. The van der Waals surface area contributed by atoms with Crippen LogP contribution < -0.4 is 14.2 Å². The highest BCUT2D eigenvalue weighted by molar-refractivity contribution is 5.40. The Morgan fingerprint density at radius 3 is 1.61 bits per heavy atom. The van der Waals surface area contributed by atoms with E-state index in [0.29, 0.717) is 31.1 Å². The van der Waals surface area contributed by atoms with E-state index < -0.39 is 6.10 Å². The standard InChI is InChI=1S/C29H28O4/c1-31-26-14-12-25(13-15-26)29(30)18-24-16-27(32-20-22-8-4-2-5-9-22)19-28(17-24)33-21-23-10-6-3-7-11-23/h2-17,19,29-30H,18,20-21H2,1H3/t29-/m1/s1. The van der Waals surface area contributed by atoms with E-state index in [1.54, 1.807) is 7.11 Å². The summed E-state index contributed by atoms with van der Waals surface area (Å²) in [7, 11) is 1.63. The van der Waals surface area contributed by atoms with Crippen molar-refractivity contribution in [3.63, 3.8) is 0 Å². The zero-order valence-electron chi connectivity index (χ0n) is 18.7. The molecule has 0 aliphatic rings. The molecule has 4 rings (SSSR count). The summed E-state index contributed by atoms with van der Waals surface area (Å²) in [6.07, 6.45) is -0.210. The van der Waals surface area contributed by atoms with Gasteiger partial charge < -0.3 is 19.3 Å². The molecule has 1 N–H and O–H groups in total. The van der Waals surface area contributed by atoms with Gasteiger partial charge >= 0.3 is 0 Å². The number of rotatable bonds is 10. The number of benzene rings is 4. The molecule has 33 heavy (non-hydrogen) atoms. The number of hydrogen-bond acceptors (Lipinski definition) is 4. The Bertz CT molecular complexity index is 1060. The smallest absolute Gasteiger partial charge is 0.123 e. The van der Waals surface area contributed by atoms with Crippen molar-refractivity contribution < 1.29 is 19.3 Å². The van der Waals surface area contributed by atoms with Crippen LogP contribution in [-0.2, 0) is 19.6 Å². The largest absolute Gasteiger partial charge is 0.497 e. The molecule has 0 radical (unpaired) electrons. The van der Waals surface area contributed by atoms with Crippen molar-refractivity contribution in [1.82, 2.24) is 0 Å². The lowest BCUT2D eigenvalue weighted by atomic mass is 10.0. The van der Waals surface area contributed by atoms with Crippen molar-refractivity contribution in [3.8, 4) is 17.2 Å². The molecule has 0 spiro atoms. The Morgan fingerprint density at radius 2 is 1.12 bits per heavy atom. The molecule has 0 saturated heterocycles. The van der Waals surface area contributed by atoms with Crippen molar-refractivity contribution in [3.05, 3.63) is 125 Å². The highest BCUT2D eigenvalue weighted by Gasteiger charge is 2.12. The van der Waals surface area contributed by atoms with E-state index in [4.69, 9.17) is 14.2 Å². The van der Waals surface area contributed by atoms with E-state index in [1.807, 2.05) is 103 Å². The van der Waals surface area contributed by atoms with Gasteiger partial charge in [0.1, 0.15) is 30.5 Å². The van der Waals surface area contributed by atoms with Crippen molar-refractivity contribution >= 4 is 0 Å². The lowest BCUT2D eigenvalue weighted by Gasteiger charge is -2.15. The van der Waals surface area contributed by atoms with Gasteiger partial charge in [0.15, 0.2) is 0 Å². The molecule has 168 valence electrons. The van der Waals surface area contributed by atoms with Crippen LogP contribution in [0.1, 0.15) is 28.4 Å². The molecule has 4 heteroatoms. The monoisotopic (exact) mass is 440 g/mol. The Hall–Kier alpha value is -3.76. The number of methoxy groups -OCH3 is 1. The molecule has 0 unspecified atom stereocenters. The summed E-state index contributed by atoms with van der Waals surface area (Å²) in [5.41, 5.74) is 3.95. The molecule has 0 aromatic heterocycles. The van der Waals surface area contributed by atoms with Gasteiger partial charge in [-0.25, -0.2) is 0 Å². The van der Waals surface area contributed by atoms with Crippen molar-refractivity contribution in [2.24, 2.45) is 0 Å². The second-order valence-corrected chi connectivity index (χ2v) is 7.85. The van der Waals surface area contributed by atoms with Crippen molar-refractivity contribution in [2.75, 3.05) is 7.11 Å². The Morgan fingerprint density at radius 1 is 0.606 bits per heavy atom. The predicted octanol–water partition coefficient (Wildman–Crippen LogP) is 6.13. The number of ether oxygens (including phenoxy) is 3. The van der Waals surface area contributed by atoms with Gasteiger partial charge in [0, 0.05) is 12.5 Å². The number of hydrogen-bond donors (Lipinski definition) is 1. The first kappa shape index (κ1) is 22.4. The SMILES string of the molecule is COc1ccc([C@H](O)Cc2cc(OCc3ccccc3)cc(OCc3ccccc3)c2)cc1. The van der Waals surface area contributed by atoms with Crippen LogP contribution in [0.5, 0.6) is 17.2 Å². The van der Waals surface area contributed by atoms with Crippen LogP contribution in [0.25, 0.3) is 0 Å². The maximum absolute atomic E-state index is 10.8. The lowest BCUT2D eigenvalue weighted by molar-refractivity contribution is 0.178. The van der Waals surface area contributed by atoms with Crippen LogP contribution in [0.15, 0.2) is 103 Å². The van der Waals surface area contributed by atoms with Gasteiger partial charge in [-0.1, -0.05) is 72.8 Å². The summed E-state index contributed by atoms with van der Waals surface area (Å²) in [6, 6.07) is 33.4. The molecule has 4 aromatic carbocycles. The van der Waals surface area contributed by atoms with E-state index in [-0.39, 0.29) is 0 Å². The summed E-state index contributed by atoms with van der Waals surface area (Å²) >= 11 is 0. The van der Waals surface area contributed by atoms with E-state index >= 15 is 0 Å². The van der Waals surface area contributed by atoms with E-state index in [0.717, 1.165) is 28.0 Å². The molecule has 0 saturated carbocycles. The van der Waals surface area contributed by atoms with Crippen molar-refractivity contribution in [2.45, 2.75) is 25.7 Å². The Labute approximate surface area is 195 Å². The van der Waals surface area contributed by atoms with E-state index in [9.17, 15) is 5.11 Å². The fourth-order valence-corrected chi connectivity index (χ4v) is 3.56. The molecule has 4 aromatic rings. The second-order valence-electron chi connectivity index (χ2n) is 7.85. The van der Waals surface area contributed by atoms with Crippen LogP contribution in [0, 0.1) is 0 Å². The van der Waals surface area contributed by atoms with Crippen LogP contribution >= 0.6 is 0 Å². The molecular weight excluding hydrogens is 412 g/mol. The zero-order chi connectivity index (χ0) is 22.9. The molecule has 0 amide bonds. The van der Waals surface area contributed by atoms with Gasteiger partial charge in [-0.2, -0.15) is 0 Å². The molecule has 1 atom stereocenters. The summed E-state index contributed by atoms with van der Waals surface area (Å²) in [4.78, 5) is 0. The molecule has 0 fully saturated rings. The molecular formula is C29H28O4. The van der Waals surface area contributed by atoms with Gasteiger partial charge in [-0.05, 0) is 46.5 Å². The molecule has 4 nitrogen and oxygen atoms in total. The maximum Gasteiger partial charge on any atom is 0.123 e. The van der Waals surface area contributed by atoms with Crippen LogP contribution in [0.4, 0.5) is 0 Å². The van der Waals surface area contributed by atoms with Crippen molar-refractivity contribution in [1.29, 1.82) is 0 Å². The normalized spacial score (nSPS) is 11.6. The first-order chi connectivity index (χ1) is 16.2. The molecule has 0 bridgehead atoms. The van der Waals surface area contributed by atoms with Gasteiger partial charge in [-0.15, -0.1) is 0 Å². The van der Waals surface area contributed by atoms with Gasteiger partial charge in [0.2, 0.25) is 0 Å². The van der Waals surface area contributed by atoms with E-state index in [2.05, 4.69) is 0 Å². The third-order valence-electron chi connectivity index (χ3n) is 5.37. The molecule has 0 aliphatic heterocycles. The van der Waals surface area contributed by atoms with Gasteiger partial charge in [0.25, 0.3) is 0 Å². The maximum atomic E-state index is 10.8. The van der Waals surface area contributed by atoms with Gasteiger partial charge in [0.05, 0.1) is 13.2 Å². The summed E-state index contributed by atoms with van der Waals surface area (Å²) in [5.74, 6) is 2.18. The third kappa shape index (κ3) is 6.61. The highest BCUT2D eigenvalue weighted by Crippen LogP contribution is 2.28. The molecule has 0 heterocycles. The summed E-state index contributed by atoms with van der Waals surface area (Å²) < 4.78 is 17.3. The minimum absolute atomic E-state index is 0.441. The average Bonchev–Trinajstić information content (AvgIpc) is 2.87. The third-order valence-corrected chi connectivity index (χ3v) is 5.37. The minimum atomic E-state index is -0.651.